The third kappa shape index (κ3) is 3.84. The van der Waals surface area contributed by atoms with Crippen LogP contribution >= 0.6 is 0 Å². The van der Waals surface area contributed by atoms with Crippen LogP contribution in [0.5, 0.6) is 0 Å². The van der Waals surface area contributed by atoms with Gasteiger partial charge in [0.15, 0.2) is 5.78 Å². The van der Waals surface area contributed by atoms with Gasteiger partial charge in [-0.25, -0.2) is 0 Å². The van der Waals surface area contributed by atoms with E-state index in [1.165, 1.54) is 0 Å². The van der Waals surface area contributed by atoms with Gasteiger partial charge >= 0.3 is 0 Å². The number of nitrogens with zero attached hydrogens (tertiary/aromatic N) is 1. The fourth-order valence-electron chi connectivity index (χ4n) is 4.42. The van der Waals surface area contributed by atoms with Crippen molar-refractivity contribution in [1.82, 2.24) is 4.90 Å². The highest BCUT2D eigenvalue weighted by Gasteiger charge is 2.47. The van der Waals surface area contributed by atoms with Crippen LogP contribution in [-0.2, 0) is 10.3 Å². The molecule has 2 aromatic rings. The Morgan fingerprint density at radius 1 is 1.11 bits per heavy atom. The first-order valence-electron chi connectivity index (χ1n) is 9.88. The Labute approximate surface area is 160 Å². The van der Waals surface area contributed by atoms with Crippen molar-refractivity contribution in [2.24, 2.45) is 5.92 Å². The number of Topliss-reactive ketones (excluding diaryl/α,β-unsaturated/α-hetero) is 1. The summed E-state index contributed by atoms with van der Waals surface area (Å²) in [6.07, 6.45) is 2.99. The van der Waals surface area contributed by atoms with Gasteiger partial charge in [-0.3, -0.25) is 9.69 Å². The molecular weight excluding hydrogens is 338 g/mol. The number of rotatable bonds is 5. The smallest absolute Gasteiger partial charge is 0.170 e. The minimum absolute atomic E-state index is 0.0130. The lowest BCUT2D eigenvalue weighted by molar-refractivity contribution is -0.0711. The van der Waals surface area contributed by atoms with Gasteiger partial charge in [0.1, 0.15) is 5.60 Å². The van der Waals surface area contributed by atoms with Crippen LogP contribution in [0, 0.1) is 5.92 Å². The first-order valence-corrected chi connectivity index (χ1v) is 9.88. The van der Waals surface area contributed by atoms with E-state index in [1.54, 1.807) is 0 Å². The summed E-state index contributed by atoms with van der Waals surface area (Å²) in [5.41, 5.74) is 0.355. The molecule has 0 saturated carbocycles. The van der Waals surface area contributed by atoms with Gasteiger partial charge < -0.3 is 9.84 Å². The van der Waals surface area contributed by atoms with Crippen LogP contribution in [0.1, 0.15) is 35.2 Å². The SMILES string of the molecule is O=C(c1ccccc1)C1CN(CC2CCCO2)CCC1(O)c1ccccc1. The van der Waals surface area contributed by atoms with Gasteiger partial charge in [-0.2, -0.15) is 0 Å². The van der Waals surface area contributed by atoms with Crippen molar-refractivity contribution in [3.8, 4) is 0 Å². The molecule has 2 heterocycles. The van der Waals surface area contributed by atoms with Crippen LogP contribution in [0.3, 0.4) is 0 Å². The lowest BCUT2D eigenvalue weighted by atomic mass is 9.72. The first kappa shape index (κ1) is 18.4. The zero-order valence-corrected chi connectivity index (χ0v) is 15.6. The molecule has 4 rings (SSSR count). The predicted octanol–water partition coefficient (Wildman–Crippen LogP) is 3.26. The number of carbonyl (C=O) groups is 1. The van der Waals surface area contributed by atoms with E-state index >= 15 is 0 Å². The van der Waals surface area contributed by atoms with Crippen molar-refractivity contribution < 1.29 is 14.6 Å². The second kappa shape index (κ2) is 7.93. The molecule has 1 N–H and O–H groups in total. The highest BCUT2D eigenvalue weighted by molar-refractivity contribution is 5.99. The largest absolute Gasteiger partial charge is 0.384 e. The third-order valence-corrected chi connectivity index (χ3v) is 5.96. The summed E-state index contributed by atoms with van der Waals surface area (Å²) in [6, 6.07) is 19.0. The van der Waals surface area contributed by atoms with Gasteiger partial charge in [-0.15, -0.1) is 0 Å². The van der Waals surface area contributed by atoms with Crippen LogP contribution in [0.2, 0.25) is 0 Å². The van der Waals surface area contributed by atoms with E-state index < -0.39 is 11.5 Å². The summed E-state index contributed by atoms with van der Waals surface area (Å²) in [5.74, 6) is -0.476. The molecule has 3 unspecified atom stereocenters. The van der Waals surface area contributed by atoms with E-state index in [2.05, 4.69) is 4.90 Å². The fraction of sp³-hybridized carbons (Fsp3) is 0.435. The van der Waals surface area contributed by atoms with Gasteiger partial charge in [0, 0.05) is 31.8 Å². The number of piperidine rings is 1. The third-order valence-electron chi connectivity index (χ3n) is 5.96. The van der Waals surface area contributed by atoms with E-state index in [-0.39, 0.29) is 11.9 Å². The van der Waals surface area contributed by atoms with Gasteiger partial charge in [-0.05, 0) is 24.8 Å². The average Bonchev–Trinajstić information content (AvgIpc) is 3.23. The second-order valence-corrected chi connectivity index (χ2v) is 7.72. The Morgan fingerprint density at radius 3 is 2.48 bits per heavy atom. The Hall–Kier alpha value is -2.01. The van der Waals surface area contributed by atoms with Crippen molar-refractivity contribution in [3.63, 3.8) is 0 Å². The molecule has 4 nitrogen and oxygen atoms in total. The Bertz CT molecular complexity index is 758. The number of carbonyl (C=O) groups excluding carboxylic acids is 1. The molecular formula is C23H27NO3. The topological polar surface area (TPSA) is 49.8 Å². The lowest BCUT2D eigenvalue weighted by Crippen LogP contribution is -2.54. The highest BCUT2D eigenvalue weighted by atomic mass is 16.5. The van der Waals surface area contributed by atoms with Gasteiger partial charge in [0.2, 0.25) is 0 Å². The number of likely N-dealkylation sites (tertiary alicyclic amines) is 1. The van der Waals surface area contributed by atoms with Crippen molar-refractivity contribution >= 4 is 5.78 Å². The zero-order chi connectivity index (χ0) is 18.7. The number of hydrogen-bond acceptors (Lipinski definition) is 4. The molecule has 0 spiro atoms. The minimum Gasteiger partial charge on any atom is -0.384 e. The summed E-state index contributed by atoms with van der Waals surface area (Å²) < 4.78 is 5.78. The molecule has 0 amide bonds. The Kier molecular flexibility index (Phi) is 5.39. The number of ether oxygens (including phenoxy) is 1. The number of ketones is 1. The van der Waals surface area contributed by atoms with E-state index in [9.17, 15) is 9.90 Å². The number of hydrogen-bond donors (Lipinski definition) is 1. The molecule has 0 bridgehead atoms. The molecule has 4 heteroatoms. The average molecular weight is 365 g/mol. The first-order chi connectivity index (χ1) is 13.2. The summed E-state index contributed by atoms with van der Waals surface area (Å²) in [4.78, 5) is 15.6. The molecule has 0 radical (unpaired) electrons. The maximum atomic E-state index is 13.4. The Balaban J connectivity index is 1.61. The normalized spacial score (nSPS) is 28.9. The van der Waals surface area contributed by atoms with E-state index in [4.69, 9.17) is 4.74 Å². The molecule has 2 aliphatic rings. The van der Waals surface area contributed by atoms with Crippen molar-refractivity contribution in [2.45, 2.75) is 31.0 Å². The molecule has 2 fully saturated rings. The standard InChI is InChI=1S/C23H27NO3/c25-22(18-8-3-1-4-9-18)21-17-24(16-20-12-7-15-27-20)14-13-23(21,26)19-10-5-2-6-11-19/h1-6,8-11,20-21,26H,7,12-17H2. The van der Waals surface area contributed by atoms with Crippen LogP contribution in [0.15, 0.2) is 60.7 Å². The molecule has 142 valence electrons. The molecule has 2 aromatic carbocycles. The van der Waals surface area contributed by atoms with E-state index in [1.807, 2.05) is 60.7 Å². The van der Waals surface area contributed by atoms with Crippen molar-refractivity contribution in [1.29, 1.82) is 0 Å². The monoisotopic (exact) mass is 365 g/mol. The molecule has 2 saturated heterocycles. The summed E-state index contributed by atoms with van der Waals surface area (Å²) in [7, 11) is 0. The molecule has 0 aliphatic carbocycles. The van der Waals surface area contributed by atoms with Crippen LogP contribution in [0.25, 0.3) is 0 Å². The van der Waals surface area contributed by atoms with E-state index in [0.717, 1.165) is 38.1 Å². The van der Waals surface area contributed by atoms with Gasteiger partial charge in [-0.1, -0.05) is 60.7 Å². The summed E-state index contributed by atoms with van der Waals surface area (Å²) in [5, 5.41) is 11.6. The fourth-order valence-corrected chi connectivity index (χ4v) is 4.42. The summed E-state index contributed by atoms with van der Waals surface area (Å²) >= 11 is 0. The van der Waals surface area contributed by atoms with E-state index in [0.29, 0.717) is 18.5 Å². The quantitative estimate of drug-likeness (QED) is 0.827. The number of benzene rings is 2. The minimum atomic E-state index is -1.14. The second-order valence-electron chi connectivity index (χ2n) is 7.72. The van der Waals surface area contributed by atoms with Crippen molar-refractivity contribution in [3.05, 3.63) is 71.8 Å². The lowest BCUT2D eigenvalue weighted by Gasteiger charge is -2.44. The Morgan fingerprint density at radius 2 is 1.81 bits per heavy atom. The van der Waals surface area contributed by atoms with Crippen LogP contribution in [0.4, 0.5) is 0 Å². The molecule has 27 heavy (non-hydrogen) atoms. The van der Waals surface area contributed by atoms with Crippen LogP contribution in [-0.4, -0.2) is 48.1 Å². The summed E-state index contributed by atoms with van der Waals surface area (Å²) in [6.45, 7) is 2.99. The number of aliphatic hydroxyl groups is 1. The van der Waals surface area contributed by atoms with Crippen molar-refractivity contribution in [2.75, 3.05) is 26.2 Å². The van der Waals surface area contributed by atoms with Gasteiger partial charge in [0.25, 0.3) is 0 Å². The van der Waals surface area contributed by atoms with Crippen LogP contribution < -0.4 is 0 Å². The maximum absolute atomic E-state index is 13.4. The molecule has 0 aromatic heterocycles. The maximum Gasteiger partial charge on any atom is 0.170 e. The zero-order valence-electron chi connectivity index (χ0n) is 15.6. The highest BCUT2D eigenvalue weighted by Crippen LogP contribution is 2.39. The van der Waals surface area contributed by atoms with Gasteiger partial charge in [0.05, 0.1) is 12.0 Å². The predicted molar refractivity (Wildman–Crippen MR) is 105 cm³/mol. The molecule has 3 atom stereocenters. The molecule has 2 aliphatic heterocycles.